The fraction of sp³-hybridized carbons (Fsp3) is 0. The maximum absolute atomic E-state index is 6.69. The lowest BCUT2D eigenvalue weighted by molar-refractivity contribution is 0.669. The third-order valence-electron chi connectivity index (χ3n) is 13.0. The number of rotatable bonds is 5. The van der Waals surface area contributed by atoms with Crippen LogP contribution in [0.15, 0.2) is 211 Å². The average molecular weight is 847 g/mol. The highest BCUT2D eigenvalue weighted by Gasteiger charge is 2.26. The summed E-state index contributed by atoms with van der Waals surface area (Å²) in [5.74, 6) is 1.75. The highest BCUT2D eigenvalue weighted by atomic mass is 32.1. The van der Waals surface area contributed by atoms with Crippen LogP contribution in [-0.2, 0) is 0 Å². The second kappa shape index (κ2) is 14.0. The maximum Gasteiger partial charge on any atom is 0.166 e. The molecule has 0 bridgehead atoms. The van der Waals surface area contributed by atoms with Crippen molar-refractivity contribution in [3.05, 3.63) is 206 Å². The Morgan fingerprint density at radius 1 is 0.369 bits per heavy atom. The summed E-state index contributed by atoms with van der Waals surface area (Å²) in [7, 11) is 0. The van der Waals surface area contributed by atoms with E-state index in [1.807, 2.05) is 18.2 Å². The average Bonchev–Trinajstić information content (AvgIpc) is 4.05. The molecule has 10 aromatic carbocycles. The lowest BCUT2D eigenvalue weighted by Gasteiger charge is -2.17. The molecule has 0 fully saturated rings. The molecule has 0 atom stereocenters. The molecule has 0 N–H and O–H groups in total. The number of benzene rings is 10. The largest absolute Gasteiger partial charge is 0.456 e. The van der Waals surface area contributed by atoms with Crippen LogP contribution in [0.2, 0.25) is 0 Å². The number of para-hydroxylation sites is 1. The van der Waals surface area contributed by atoms with Gasteiger partial charge in [0.05, 0.1) is 22.3 Å². The standard InChI is InChI=1S/C59H34N4OS/c1-2-13-35(14-3-1)37-18-12-19-40(31-37)57-60-58(41-26-30-53-47(33-41)43-21-9-11-24-52(43)65-53)62-59(61-57)55-48(28-29-51-54(55)45-22-8-10-23-50(45)64-51)63-49-34-39-17-5-4-16-38(39)32-46(49)44-27-25-36-15-6-7-20-42(36)56(44)63/h1-34H. The molecule has 4 heterocycles. The van der Waals surface area contributed by atoms with Crippen molar-refractivity contribution < 1.29 is 4.42 Å². The van der Waals surface area contributed by atoms with Gasteiger partial charge in [0.25, 0.3) is 0 Å². The first-order chi connectivity index (χ1) is 32.2. The number of thiophene rings is 1. The van der Waals surface area contributed by atoms with Crippen molar-refractivity contribution in [3.8, 4) is 51.0 Å². The van der Waals surface area contributed by atoms with E-state index < -0.39 is 0 Å². The number of hydrogen-bond acceptors (Lipinski definition) is 5. The Kier molecular flexibility index (Phi) is 7.79. The summed E-state index contributed by atoms with van der Waals surface area (Å²) < 4.78 is 11.6. The van der Waals surface area contributed by atoms with Gasteiger partial charge < -0.3 is 8.98 Å². The Morgan fingerprint density at radius 3 is 1.89 bits per heavy atom. The van der Waals surface area contributed by atoms with Crippen molar-refractivity contribution in [1.29, 1.82) is 0 Å². The topological polar surface area (TPSA) is 56.7 Å². The Morgan fingerprint density at radius 2 is 1.03 bits per heavy atom. The van der Waals surface area contributed by atoms with Gasteiger partial charge in [-0.15, -0.1) is 11.3 Å². The van der Waals surface area contributed by atoms with Crippen LogP contribution in [0.5, 0.6) is 0 Å². The zero-order valence-corrected chi connectivity index (χ0v) is 35.6. The van der Waals surface area contributed by atoms with Crippen LogP contribution >= 0.6 is 11.3 Å². The third kappa shape index (κ3) is 5.61. The van der Waals surface area contributed by atoms with Gasteiger partial charge in [0.15, 0.2) is 17.5 Å². The lowest BCUT2D eigenvalue weighted by atomic mass is 10.0. The summed E-state index contributed by atoms with van der Waals surface area (Å²) >= 11 is 1.81. The summed E-state index contributed by atoms with van der Waals surface area (Å²) in [5.41, 5.74) is 9.66. The highest BCUT2D eigenvalue weighted by molar-refractivity contribution is 7.25. The van der Waals surface area contributed by atoms with E-state index in [0.29, 0.717) is 17.5 Å². The first-order valence-corrected chi connectivity index (χ1v) is 22.7. The van der Waals surface area contributed by atoms with E-state index in [9.17, 15) is 0 Å². The predicted molar refractivity (Wildman–Crippen MR) is 271 cm³/mol. The van der Waals surface area contributed by atoms with E-state index in [-0.39, 0.29) is 0 Å². The van der Waals surface area contributed by atoms with Crippen LogP contribution in [0.25, 0.3) is 136 Å². The summed E-state index contributed by atoms with van der Waals surface area (Å²) in [5, 5.41) is 11.4. The molecule has 65 heavy (non-hydrogen) atoms. The fourth-order valence-electron chi connectivity index (χ4n) is 10.0. The summed E-state index contributed by atoms with van der Waals surface area (Å²) in [4.78, 5) is 16.5. The second-order valence-corrected chi connectivity index (χ2v) is 17.8. The van der Waals surface area contributed by atoms with Gasteiger partial charge in [-0.25, -0.2) is 15.0 Å². The molecule has 0 aliphatic rings. The maximum atomic E-state index is 6.69. The first-order valence-electron chi connectivity index (χ1n) is 21.8. The van der Waals surface area contributed by atoms with Crippen molar-refractivity contribution in [1.82, 2.24) is 19.5 Å². The second-order valence-electron chi connectivity index (χ2n) is 16.7. The van der Waals surface area contributed by atoms with Crippen molar-refractivity contribution in [2.24, 2.45) is 0 Å². The number of aromatic nitrogens is 4. The van der Waals surface area contributed by atoms with Crippen LogP contribution in [0.3, 0.4) is 0 Å². The summed E-state index contributed by atoms with van der Waals surface area (Å²) in [6, 6.07) is 73.3. The van der Waals surface area contributed by atoms with E-state index in [1.165, 1.54) is 52.5 Å². The van der Waals surface area contributed by atoms with Crippen LogP contribution in [-0.4, -0.2) is 19.5 Å². The van der Waals surface area contributed by atoms with Gasteiger partial charge in [-0.05, 0) is 87.9 Å². The Labute approximate surface area is 376 Å². The molecule has 0 spiro atoms. The smallest absolute Gasteiger partial charge is 0.166 e. The zero-order valence-electron chi connectivity index (χ0n) is 34.7. The van der Waals surface area contributed by atoms with Gasteiger partial charge in [-0.2, -0.15) is 0 Å². The normalized spacial score (nSPS) is 12.0. The van der Waals surface area contributed by atoms with E-state index in [2.05, 4.69) is 193 Å². The molecular formula is C59H34N4OS. The number of nitrogens with zero attached hydrogens (tertiary/aromatic N) is 4. The minimum absolute atomic E-state index is 0.563. The molecule has 5 nitrogen and oxygen atoms in total. The molecular weight excluding hydrogens is 813 g/mol. The Bertz CT molecular complexity index is 4260. The van der Waals surface area contributed by atoms with Crippen LogP contribution < -0.4 is 0 Å². The SMILES string of the molecule is c1ccc(-c2cccc(-c3nc(-c4ccc5sc6ccccc6c5c4)nc(-c4c(-n5c6cc7ccccc7cc6c6ccc7ccccc7c65)ccc5oc6ccccc6c45)n3)c2)cc1. The van der Waals surface area contributed by atoms with Crippen molar-refractivity contribution >= 4 is 96.8 Å². The Balaban J connectivity index is 1.13. The molecule has 6 heteroatoms. The first kappa shape index (κ1) is 36.1. The van der Waals surface area contributed by atoms with E-state index >= 15 is 0 Å². The fourth-order valence-corrected chi connectivity index (χ4v) is 11.1. The molecule has 0 saturated carbocycles. The molecule has 0 aliphatic heterocycles. The molecule has 14 aromatic rings. The summed E-state index contributed by atoms with van der Waals surface area (Å²) in [6.45, 7) is 0. The van der Waals surface area contributed by atoms with E-state index in [0.717, 1.165) is 66.5 Å². The molecule has 0 amide bonds. The minimum Gasteiger partial charge on any atom is -0.456 e. The van der Waals surface area contributed by atoms with Gasteiger partial charge in [0.2, 0.25) is 0 Å². The van der Waals surface area contributed by atoms with Gasteiger partial charge >= 0.3 is 0 Å². The van der Waals surface area contributed by atoms with Gasteiger partial charge in [0, 0.05) is 58.2 Å². The van der Waals surface area contributed by atoms with E-state index in [1.54, 1.807) is 11.3 Å². The van der Waals surface area contributed by atoms with Crippen molar-refractivity contribution in [3.63, 3.8) is 0 Å². The van der Waals surface area contributed by atoms with Gasteiger partial charge in [-0.1, -0.05) is 146 Å². The third-order valence-corrected chi connectivity index (χ3v) is 14.2. The molecule has 0 unspecified atom stereocenters. The number of hydrogen-bond donors (Lipinski definition) is 0. The molecule has 0 saturated heterocycles. The molecule has 0 aliphatic carbocycles. The number of fused-ring (bicyclic) bond motifs is 12. The van der Waals surface area contributed by atoms with Crippen molar-refractivity contribution in [2.75, 3.05) is 0 Å². The molecule has 302 valence electrons. The molecule has 0 radical (unpaired) electrons. The van der Waals surface area contributed by atoms with Gasteiger partial charge in [0.1, 0.15) is 11.2 Å². The minimum atomic E-state index is 0.563. The highest BCUT2D eigenvalue weighted by Crippen LogP contribution is 2.45. The Hall–Kier alpha value is -8.45. The van der Waals surface area contributed by atoms with Gasteiger partial charge in [-0.3, -0.25) is 0 Å². The van der Waals surface area contributed by atoms with Crippen LogP contribution in [0, 0.1) is 0 Å². The van der Waals surface area contributed by atoms with E-state index in [4.69, 9.17) is 19.4 Å². The van der Waals surface area contributed by atoms with Crippen LogP contribution in [0.1, 0.15) is 0 Å². The monoisotopic (exact) mass is 846 g/mol. The quantitative estimate of drug-likeness (QED) is 0.173. The van der Waals surface area contributed by atoms with Crippen molar-refractivity contribution in [2.45, 2.75) is 0 Å². The lowest BCUT2D eigenvalue weighted by Crippen LogP contribution is -2.04. The molecule has 4 aromatic heterocycles. The molecule has 14 rings (SSSR count). The van der Waals surface area contributed by atoms with Crippen LogP contribution in [0.4, 0.5) is 0 Å². The number of furan rings is 1. The summed E-state index contributed by atoms with van der Waals surface area (Å²) in [6.07, 6.45) is 0. The zero-order chi connectivity index (χ0) is 42.6. The predicted octanol–water partition coefficient (Wildman–Crippen LogP) is 16.2.